The molecule has 114 valence electrons. The third kappa shape index (κ3) is 3.02. The van der Waals surface area contributed by atoms with Crippen LogP contribution >= 0.6 is 11.8 Å². The monoisotopic (exact) mass is 311 g/mol. The van der Waals surface area contributed by atoms with Crippen LogP contribution in [0.2, 0.25) is 0 Å². The van der Waals surface area contributed by atoms with E-state index in [1.54, 1.807) is 4.57 Å². The van der Waals surface area contributed by atoms with Gasteiger partial charge in [0.05, 0.1) is 0 Å². The number of nitrogens with one attached hydrogen (secondary N) is 1. The second-order valence-corrected chi connectivity index (χ2v) is 5.57. The van der Waals surface area contributed by atoms with Crippen LogP contribution in [0.5, 0.6) is 0 Å². The van der Waals surface area contributed by atoms with Crippen LogP contribution in [0.1, 0.15) is 19.8 Å². The van der Waals surface area contributed by atoms with E-state index < -0.39 is 17.2 Å². The number of thioether (sulfide) groups is 1. The number of carbonyl (C=O) groups is 1. The molecule has 0 bridgehead atoms. The van der Waals surface area contributed by atoms with Gasteiger partial charge in [0.15, 0.2) is 16.3 Å². The Hall–Kier alpha value is -2.03. The molecule has 0 radical (unpaired) electrons. The minimum Gasteiger partial charge on any atom is -0.550 e. The normalized spacial score (nSPS) is 11.1. The first-order valence-corrected chi connectivity index (χ1v) is 7.46. The molecule has 0 aliphatic rings. The number of carboxylic acids is 1. The number of hydrogen-bond donors (Lipinski definition) is 1. The second kappa shape index (κ2) is 6.17. The fraction of sp³-hybridized carbons (Fsp3) is 0.500. The molecule has 1 N–H and O–H groups in total. The van der Waals surface area contributed by atoms with Crippen LogP contribution in [-0.2, 0) is 18.4 Å². The van der Waals surface area contributed by atoms with Crippen molar-refractivity contribution in [2.75, 3.05) is 5.75 Å². The Bertz CT molecular complexity index is 789. The van der Waals surface area contributed by atoms with Crippen molar-refractivity contribution in [2.45, 2.75) is 31.5 Å². The van der Waals surface area contributed by atoms with E-state index in [0.29, 0.717) is 28.6 Å². The molecular formula is C12H15N4O4S-. The summed E-state index contributed by atoms with van der Waals surface area (Å²) in [6.45, 7) is 2.52. The maximum absolute atomic E-state index is 12.0. The quantitative estimate of drug-likeness (QED) is 0.689. The molecule has 0 fully saturated rings. The molecule has 2 aromatic rings. The molecule has 8 nitrogen and oxygen atoms in total. The summed E-state index contributed by atoms with van der Waals surface area (Å²) in [5.41, 5.74) is -0.385. The number of H-pyrrole nitrogens is 1. The molecule has 2 aromatic heterocycles. The van der Waals surface area contributed by atoms with Gasteiger partial charge in [0.1, 0.15) is 0 Å². The molecule has 9 heteroatoms. The highest BCUT2D eigenvalue weighted by molar-refractivity contribution is 7.99. The zero-order chi connectivity index (χ0) is 15.6. The number of hydrogen-bond acceptors (Lipinski definition) is 6. The first-order valence-electron chi connectivity index (χ1n) is 6.48. The van der Waals surface area contributed by atoms with Gasteiger partial charge in [-0.25, -0.2) is 9.78 Å². The van der Waals surface area contributed by atoms with Gasteiger partial charge in [-0.05, 0) is 12.8 Å². The lowest BCUT2D eigenvalue weighted by Crippen LogP contribution is -2.29. The topological polar surface area (TPSA) is 113 Å². The lowest BCUT2D eigenvalue weighted by atomic mass is 10.4. The minimum absolute atomic E-state index is 0.102. The Labute approximate surface area is 123 Å². The number of rotatable bonds is 6. The Balaban J connectivity index is 2.54. The molecule has 2 heterocycles. The third-order valence-electron chi connectivity index (χ3n) is 2.96. The van der Waals surface area contributed by atoms with Crippen molar-refractivity contribution in [2.24, 2.45) is 7.05 Å². The van der Waals surface area contributed by atoms with Crippen molar-refractivity contribution >= 4 is 28.9 Å². The predicted molar refractivity (Wildman–Crippen MR) is 76.2 cm³/mol. The fourth-order valence-corrected chi connectivity index (χ4v) is 2.92. The van der Waals surface area contributed by atoms with E-state index in [0.717, 1.165) is 6.42 Å². The zero-order valence-electron chi connectivity index (χ0n) is 11.7. The van der Waals surface area contributed by atoms with E-state index in [-0.39, 0.29) is 6.42 Å². The molecule has 0 spiro atoms. The molecule has 0 amide bonds. The van der Waals surface area contributed by atoms with Crippen molar-refractivity contribution in [3.05, 3.63) is 20.8 Å². The van der Waals surface area contributed by atoms with Crippen LogP contribution in [0.3, 0.4) is 0 Å². The molecule has 0 saturated heterocycles. The van der Waals surface area contributed by atoms with E-state index in [1.807, 2.05) is 6.92 Å². The van der Waals surface area contributed by atoms with Crippen LogP contribution in [0.15, 0.2) is 14.7 Å². The highest BCUT2D eigenvalue weighted by Gasteiger charge is 2.16. The summed E-state index contributed by atoms with van der Waals surface area (Å²) in [7, 11) is 1.53. The summed E-state index contributed by atoms with van der Waals surface area (Å²) < 4.78 is 2.99. The number of aryl methyl sites for hydroxylation is 2. The number of aromatic nitrogens is 4. The summed E-state index contributed by atoms with van der Waals surface area (Å²) in [5.74, 6) is -0.841. The summed E-state index contributed by atoms with van der Waals surface area (Å²) >= 11 is 1.23. The van der Waals surface area contributed by atoms with Crippen LogP contribution in [-0.4, -0.2) is 30.8 Å². The number of imidazole rings is 1. The van der Waals surface area contributed by atoms with Crippen LogP contribution < -0.4 is 16.4 Å². The summed E-state index contributed by atoms with van der Waals surface area (Å²) in [5, 5.41) is 11.0. The van der Waals surface area contributed by atoms with Gasteiger partial charge in [-0.15, -0.1) is 0 Å². The fourth-order valence-electron chi connectivity index (χ4n) is 1.98. The first kappa shape index (κ1) is 15.4. The number of aliphatic carboxylic acids is 1. The third-order valence-corrected chi connectivity index (χ3v) is 3.93. The summed E-state index contributed by atoms with van der Waals surface area (Å²) in [6.07, 6.45) is 0.678. The molecule has 21 heavy (non-hydrogen) atoms. The van der Waals surface area contributed by atoms with Crippen molar-refractivity contribution in [1.82, 2.24) is 19.1 Å². The van der Waals surface area contributed by atoms with E-state index in [4.69, 9.17) is 0 Å². The second-order valence-electron chi connectivity index (χ2n) is 4.51. The number of nitrogens with zero attached hydrogens (tertiary/aromatic N) is 3. The highest BCUT2D eigenvalue weighted by atomic mass is 32.2. The van der Waals surface area contributed by atoms with Crippen molar-refractivity contribution in [3.63, 3.8) is 0 Å². The smallest absolute Gasteiger partial charge is 0.329 e. The number of carbonyl (C=O) groups excluding carboxylic acids is 1. The maximum atomic E-state index is 12.0. The van der Waals surface area contributed by atoms with Gasteiger partial charge < -0.3 is 14.5 Å². The number of carboxylic acid groups (broad SMARTS) is 1. The predicted octanol–water partition coefficient (Wildman–Crippen LogP) is -0.935. The van der Waals surface area contributed by atoms with E-state index in [9.17, 15) is 19.5 Å². The SMILES string of the molecule is CCCn1c(SCCC(=O)[O-])nc2c1c(=O)[nH]c(=O)n2C. The Morgan fingerprint density at radius 1 is 1.43 bits per heavy atom. The molecule has 0 atom stereocenters. The van der Waals surface area contributed by atoms with Gasteiger partial charge in [-0.3, -0.25) is 14.3 Å². The summed E-state index contributed by atoms with van der Waals surface area (Å²) in [6, 6.07) is 0. The number of fused-ring (bicyclic) bond motifs is 1. The van der Waals surface area contributed by atoms with Gasteiger partial charge in [0, 0.05) is 25.3 Å². The van der Waals surface area contributed by atoms with Crippen molar-refractivity contribution < 1.29 is 9.90 Å². The molecule has 0 aliphatic carbocycles. The van der Waals surface area contributed by atoms with Crippen LogP contribution in [0, 0.1) is 0 Å². The van der Waals surface area contributed by atoms with Crippen LogP contribution in [0.25, 0.3) is 11.2 Å². The van der Waals surface area contributed by atoms with E-state index in [1.165, 1.54) is 23.4 Å². The maximum Gasteiger partial charge on any atom is 0.329 e. The molecule has 0 aliphatic heterocycles. The zero-order valence-corrected chi connectivity index (χ0v) is 12.5. The first-order chi connectivity index (χ1) is 9.95. The lowest BCUT2D eigenvalue weighted by Gasteiger charge is -2.06. The molecule has 0 aromatic carbocycles. The van der Waals surface area contributed by atoms with Gasteiger partial charge in [-0.2, -0.15) is 0 Å². The molecular weight excluding hydrogens is 296 g/mol. The van der Waals surface area contributed by atoms with Gasteiger partial charge in [-0.1, -0.05) is 18.7 Å². The standard InChI is InChI=1S/C12H16N4O4S/c1-3-5-16-8-9(15(2)11(20)14-10(8)19)13-12(16)21-6-4-7(17)18/h3-6H2,1-2H3,(H,17,18)(H,14,19,20)/p-1. The average Bonchev–Trinajstić information content (AvgIpc) is 2.76. The van der Waals surface area contributed by atoms with Crippen molar-refractivity contribution in [1.29, 1.82) is 0 Å². The summed E-state index contributed by atoms with van der Waals surface area (Å²) in [4.78, 5) is 40.6. The van der Waals surface area contributed by atoms with Gasteiger partial charge in [0.2, 0.25) is 0 Å². The number of aromatic amines is 1. The van der Waals surface area contributed by atoms with E-state index in [2.05, 4.69) is 9.97 Å². The van der Waals surface area contributed by atoms with Gasteiger partial charge >= 0.3 is 5.69 Å². The molecule has 2 rings (SSSR count). The van der Waals surface area contributed by atoms with Gasteiger partial charge in [0.25, 0.3) is 5.56 Å². The Kier molecular flexibility index (Phi) is 4.51. The Morgan fingerprint density at radius 2 is 2.14 bits per heavy atom. The largest absolute Gasteiger partial charge is 0.550 e. The minimum atomic E-state index is -1.13. The lowest BCUT2D eigenvalue weighted by molar-refractivity contribution is -0.305. The highest BCUT2D eigenvalue weighted by Crippen LogP contribution is 2.22. The van der Waals surface area contributed by atoms with Crippen molar-refractivity contribution in [3.8, 4) is 0 Å². The average molecular weight is 311 g/mol. The van der Waals surface area contributed by atoms with E-state index >= 15 is 0 Å². The molecule has 0 saturated carbocycles. The molecule has 0 unspecified atom stereocenters. The van der Waals surface area contributed by atoms with Crippen LogP contribution in [0.4, 0.5) is 0 Å². The Morgan fingerprint density at radius 3 is 2.76 bits per heavy atom.